The molecule has 3 N–H and O–H groups in total. The summed E-state index contributed by atoms with van der Waals surface area (Å²) in [6, 6.07) is 10.3. The summed E-state index contributed by atoms with van der Waals surface area (Å²) in [4.78, 5) is 17.8. The van der Waals surface area contributed by atoms with Crippen LogP contribution < -0.4 is 20.7 Å². The molecule has 1 saturated heterocycles. The molecule has 0 spiro atoms. The lowest BCUT2D eigenvalue weighted by Gasteiger charge is -2.34. The summed E-state index contributed by atoms with van der Waals surface area (Å²) in [7, 11) is 1.67. The van der Waals surface area contributed by atoms with Crippen LogP contribution in [0.3, 0.4) is 0 Å². The second-order valence-electron chi connectivity index (χ2n) is 5.89. The third-order valence-corrected chi connectivity index (χ3v) is 4.38. The number of amides is 1. The van der Waals surface area contributed by atoms with Crippen LogP contribution in [0.1, 0.15) is 23.2 Å². The number of anilines is 2. The quantitative estimate of drug-likeness (QED) is 0.881. The topological polar surface area (TPSA) is 80.5 Å². The smallest absolute Gasteiger partial charge is 0.252 e. The van der Waals surface area contributed by atoms with Crippen molar-refractivity contribution in [1.29, 1.82) is 0 Å². The number of carbonyl (C=O) groups excluding carboxylic acids is 1. The van der Waals surface area contributed by atoms with Gasteiger partial charge in [-0.25, -0.2) is 0 Å². The maximum atomic E-state index is 11.5. The standard InChI is InChI=1S/C18H22N4O2/c1-24-15-4-2-14(3-5-15)22-10-7-13(8-11-22)21-17-6-9-20-12-16(17)18(19)23/h2-6,9,12-13H,7-8,10-11H2,1H3,(H2,19,23)(H,20,21). The minimum absolute atomic E-state index is 0.319. The average molecular weight is 326 g/mol. The summed E-state index contributed by atoms with van der Waals surface area (Å²) in [5.41, 5.74) is 7.81. The molecule has 0 aliphatic carbocycles. The Balaban J connectivity index is 1.60. The van der Waals surface area contributed by atoms with E-state index in [4.69, 9.17) is 10.5 Å². The molecule has 2 heterocycles. The van der Waals surface area contributed by atoms with E-state index in [1.54, 1.807) is 19.4 Å². The Morgan fingerprint density at radius 2 is 1.96 bits per heavy atom. The Morgan fingerprint density at radius 3 is 2.58 bits per heavy atom. The van der Waals surface area contributed by atoms with Crippen molar-refractivity contribution in [2.75, 3.05) is 30.4 Å². The molecule has 0 atom stereocenters. The first-order valence-corrected chi connectivity index (χ1v) is 8.06. The molecule has 24 heavy (non-hydrogen) atoms. The molecule has 3 rings (SSSR count). The van der Waals surface area contributed by atoms with Crippen molar-refractivity contribution in [3.05, 3.63) is 48.3 Å². The fraction of sp³-hybridized carbons (Fsp3) is 0.333. The van der Waals surface area contributed by atoms with Gasteiger partial charge in [-0.05, 0) is 43.2 Å². The number of nitrogens with zero attached hydrogens (tertiary/aromatic N) is 2. The highest BCUT2D eigenvalue weighted by Gasteiger charge is 2.20. The van der Waals surface area contributed by atoms with Gasteiger partial charge in [0.25, 0.3) is 5.91 Å². The number of methoxy groups -OCH3 is 1. The maximum absolute atomic E-state index is 11.5. The summed E-state index contributed by atoms with van der Waals surface area (Å²) in [6.45, 7) is 1.92. The van der Waals surface area contributed by atoms with E-state index in [0.29, 0.717) is 11.6 Å². The van der Waals surface area contributed by atoms with E-state index in [-0.39, 0.29) is 0 Å². The van der Waals surface area contributed by atoms with Gasteiger partial charge in [-0.15, -0.1) is 0 Å². The first kappa shape index (κ1) is 16.1. The van der Waals surface area contributed by atoms with Gasteiger partial charge in [0.05, 0.1) is 18.4 Å². The van der Waals surface area contributed by atoms with Gasteiger partial charge in [-0.3, -0.25) is 9.78 Å². The van der Waals surface area contributed by atoms with Crippen LogP contribution in [0, 0.1) is 0 Å². The van der Waals surface area contributed by atoms with E-state index < -0.39 is 5.91 Å². The molecule has 2 aromatic rings. The Labute approximate surface area is 141 Å². The van der Waals surface area contributed by atoms with Crippen molar-refractivity contribution in [3.63, 3.8) is 0 Å². The summed E-state index contributed by atoms with van der Waals surface area (Å²) in [5.74, 6) is 0.410. The molecule has 0 radical (unpaired) electrons. The van der Waals surface area contributed by atoms with Crippen molar-refractivity contribution in [3.8, 4) is 5.75 Å². The largest absolute Gasteiger partial charge is 0.497 e. The number of pyridine rings is 1. The Bertz CT molecular complexity index is 694. The molecule has 6 heteroatoms. The van der Waals surface area contributed by atoms with Crippen LogP contribution >= 0.6 is 0 Å². The number of nitrogens with two attached hydrogens (primary N) is 1. The van der Waals surface area contributed by atoms with Gasteiger partial charge in [0.2, 0.25) is 0 Å². The number of carbonyl (C=O) groups is 1. The number of primary amides is 1. The second-order valence-corrected chi connectivity index (χ2v) is 5.89. The minimum Gasteiger partial charge on any atom is -0.497 e. The number of benzene rings is 1. The number of rotatable bonds is 5. The molecule has 1 aromatic heterocycles. The molecule has 126 valence electrons. The fourth-order valence-corrected chi connectivity index (χ4v) is 3.01. The molecule has 1 aliphatic rings. The Kier molecular flexibility index (Phi) is 4.84. The summed E-state index contributed by atoms with van der Waals surface area (Å²) < 4.78 is 5.20. The second kappa shape index (κ2) is 7.21. The number of hydrogen-bond donors (Lipinski definition) is 2. The van der Waals surface area contributed by atoms with E-state index >= 15 is 0 Å². The van der Waals surface area contributed by atoms with Gasteiger partial charge in [-0.2, -0.15) is 0 Å². The number of nitrogens with one attached hydrogen (secondary N) is 1. The van der Waals surface area contributed by atoms with Gasteiger partial charge in [-0.1, -0.05) is 0 Å². The van der Waals surface area contributed by atoms with E-state index in [2.05, 4.69) is 27.3 Å². The maximum Gasteiger partial charge on any atom is 0.252 e. The van der Waals surface area contributed by atoms with Gasteiger partial charge < -0.3 is 20.7 Å². The van der Waals surface area contributed by atoms with Crippen molar-refractivity contribution < 1.29 is 9.53 Å². The first-order chi connectivity index (χ1) is 11.7. The van der Waals surface area contributed by atoms with Crippen molar-refractivity contribution in [1.82, 2.24) is 4.98 Å². The third kappa shape index (κ3) is 3.59. The highest BCUT2D eigenvalue weighted by molar-refractivity contribution is 5.98. The van der Waals surface area contributed by atoms with E-state index in [1.807, 2.05) is 12.1 Å². The molecule has 6 nitrogen and oxygen atoms in total. The van der Waals surface area contributed by atoms with Crippen LogP contribution in [0.15, 0.2) is 42.7 Å². The predicted octanol–water partition coefficient (Wildman–Crippen LogP) is 2.27. The highest BCUT2D eigenvalue weighted by atomic mass is 16.5. The summed E-state index contributed by atoms with van der Waals surface area (Å²) in [6.07, 6.45) is 5.16. The average Bonchev–Trinajstić information content (AvgIpc) is 2.63. The van der Waals surface area contributed by atoms with Crippen LogP contribution in [0.5, 0.6) is 5.75 Å². The van der Waals surface area contributed by atoms with Crippen LogP contribution in [0.4, 0.5) is 11.4 Å². The van der Waals surface area contributed by atoms with Crippen LogP contribution in [0.2, 0.25) is 0 Å². The molecule has 0 saturated carbocycles. The molecular weight excluding hydrogens is 304 g/mol. The molecular formula is C18H22N4O2. The van der Waals surface area contributed by atoms with Gasteiger partial charge in [0.15, 0.2) is 0 Å². The first-order valence-electron chi connectivity index (χ1n) is 8.06. The lowest BCUT2D eigenvalue weighted by molar-refractivity contribution is 0.100. The molecule has 0 bridgehead atoms. The van der Waals surface area contributed by atoms with Gasteiger partial charge >= 0.3 is 0 Å². The molecule has 1 amide bonds. The molecule has 1 fully saturated rings. The lowest BCUT2D eigenvalue weighted by atomic mass is 10.0. The Hall–Kier alpha value is -2.76. The Morgan fingerprint density at radius 1 is 1.25 bits per heavy atom. The molecule has 0 unspecified atom stereocenters. The SMILES string of the molecule is COc1ccc(N2CCC(Nc3ccncc3C(N)=O)CC2)cc1. The number of aromatic nitrogens is 1. The van der Waals surface area contributed by atoms with Gasteiger partial charge in [0, 0.05) is 37.2 Å². The number of hydrogen-bond acceptors (Lipinski definition) is 5. The molecule has 1 aliphatic heterocycles. The van der Waals surface area contributed by atoms with Gasteiger partial charge in [0.1, 0.15) is 5.75 Å². The monoisotopic (exact) mass is 326 g/mol. The van der Waals surface area contributed by atoms with E-state index in [1.165, 1.54) is 11.9 Å². The summed E-state index contributed by atoms with van der Waals surface area (Å²) in [5, 5.41) is 3.43. The van der Waals surface area contributed by atoms with Crippen LogP contribution in [0.25, 0.3) is 0 Å². The number of piperidine rings is 1. The van der Waals surface area contributed by atoms with Crippen LogP contribution in [-0.2, 0) is 0 Å². The predicted molar refractivity (Wildman–Crippen MR) is 94.6 cm³/mol. The highest BCUT2D eigenvalue weighted by Crippen LogP contribution is 2.25. The van der Waals surface area contributed by atoms with Crippen LogP contribution in [-0.4, -0.2) is 37.1 Å². The van der Waals surface area contributed by atoms with E-state index in [0.717, 1.165) is 37.4 Å². The number of ether oxygens (including phenoxy) is 1. The third-order valence-electron chi connectivity index (χ3n) is 4.38. The van der Waals surface area contributed by atoms with Crippen molar-refractivity contribution in [2.24, 2.45) is 5.73 Å². The fourth-order valence-electron chi connectivity index (χ4n) is 3.01. The van der Waals surface area contributed by atoms with Crippen molar-refractivity contribution in [2.45, 2.75) is 18.9 Å². The minimum atomic E-state index is -0.457. The zero-order valence-corrected chi connectivity index (χ0v) is 13.7. The molecule has 1 aromatic carbocycles. The lowest BCUT2D eigenvalue weighted by Crippen LogP contribution is -2.39. The zero-order chi connectivity index (χ0) is 16.9. The normalized spacial score (nSPS) is 15.1. The van der Waals surface area contributed by atoms with E-state index in [9.17, 15) is 4.79 Å². The zero-order valence-electron chi connectivity index (χ0n) is 13.7. The summed E-state index contributed by atoms with van der Waals surface area (Å²) >= 11 is 0. The van der Waals surface area contributed by atoms with Crippen molar-refractivity contribution >= 4 is 17.3 Å².